The topological polar surface area (TPSA) is 85.0 Å². The van der Waals surface area contributed by atoms with Crippen LogP contribution in [-0.4, -0.2) is 20.7 Å². The lowest BCUT2D eigenvalue weighted by Crippen LogP contribution is -2.31. The summed E-state index contributed by atoms with van der Waals surface area (Å²) in [7, 11) is 0. The smallest absolute Gasteiger partial charge is 0.256 e. The molecule has 1 atom stereocenters. The number of nitrogens with one attached hydrogen (secondary N) is 2. The van der Waals surface area contributed by atoms with Gasteiger partial charge in [0.1, 0.15) is 23.9 Å². The lowest BCUT2D eigenvalue weighted by molar-refractivity contribution is -0.113. The van der Waals surface area contributed by atoms with E-state index in [-0.39, 0.29) is 5.91 Å². The number of fused-ring (bicyclic) bond motifs is 1. The number of rotatable bonds is 3. The third-order valence-electron chi connectivity index (χ3n) is 4.70. The van der Waals surface area contributed by atoms with E-state index in [1.807, 2.05) is 58.0 Å². The molecule has 0 saturated heterocycles. The van der Waals surface area contributed by atoms with Gasteiger partial charge < -0.3 is 15.1 Å². The highest BCUT2D eigenvalue weighted by Gasteiger charge is 2.35. The lowest BCUT2D eigenvalue weighted by atomic mass is 9.99. The Morgan fingerprint density at radius 2 is 2.00 bits per heavy atom. The molecule has 27 heavy (non-hydrogen) atoms. The number of hydrogen-bond acceptors (Lipinski definition) is 5. The molecule has 4 rings (SSSR count). The molecule has 1 aromatic carbocycles. The number of aromatic nitrogens is 3. The van der Waals surface area contributed by atoms with Gasteiger partial charge in [0.15, 0.2) is 0 Å². The zero-order valence-corrected chi connectivity index (χ0v) is 15.7. The molecule has 1 aliphatic heterocycles. The predicted molar refractivity (Wildman–Crippen MR) is 102 cm³/mol. The average molecular weight is 363 g/mol. The quantitative estimate of drug-likeness (QED) is 0.741. The van der Waals surface area contributed by atoms with Gasteiger partial charge in [-0.1, -0.05) is 17.7 Å². The average Bonchev–Trinajstić information content (AvgIpc) is 3.24. The second-order valence-corrected chi connectivity index (χ2v) is 6.82. The fourth-order valence-electron chi connectivity index (χ4n) is 3.39. The number of amides is 1. The Hall–Kier alpha value is -3.35. The van der Waals surface area contributed by atoms with Gasteiger partial charge in [0, 0.05) is 11.4 Å². The van der Waals surface area contributed by atoms with Crippen molar-refractivity contribution >= 4 is 17.5 Å². The van der Waals surface area contributed by atoms with E-state index in [1.165, 1.54) is 6.33 Å². The number of carbonyl (C=O) groups is 1. The first kappa shape index (κ1) is 17.1. The Bertz CT molecular complexity index is 1060. The van der Waals surface area contributed by atoms with Crippen molar-refractivity contribution in [2.24, 2.45) is 0 Å². The van der Waals surface area contributed by atoms with Gasteiger partial charge in [0.05, 0.1) is 5.57 Å². The molecule has 0 fully saturated rings. The van der Waals surface area contributed by atoms with Crippen LogP contribution in [0, 0.1) is 20.8 Å². The fraction of sp³-hybridized carbons (Fsp3) is 0.250. The minimum atomic E-state index is -0.483. The number of hydrogen-bond donors (Lipinski definition) is 2. The summed E-state index contributed by atoms with van der Waals surface area (Å²) < 4.78 is 7.51. The molecule has 0 bridgehead atoms. The summed E-state index contributed by atoms with van der Waals surface area (Å²) in [5.41, 5.74) is 4.21. The normalized spacial score (nSPS) is 16.1. The molecular weight excluding hydrogens is 342 g/mol. The van der Waals surface area contributed by atoms with Crippen molar-refractivity contribution in [2.45, 2.75) is 33.7 Å². The molecule has 2 N–H and O–H groups in total. The van der Waals surface area contributed by atoms with E-state index in [4.69, 9.17) is 4.42 Å². The maximum Gasteiger partial charge on any atom is 0.256 e. The highest BCUT2D eigenvalue weighted by Crippen LogP contribution is 2.36. The Kier molecular flexibility index (Phi) is 4.07. The Labute approximate surface area is 157 Å². The zero-order chi connectivity index (χ0) is 19.1. The summed E-state index contributed by atoms with van der Waals surface area (Å²) >= 11 is 0. The number of furan rings is 1. The van der Waals surface area contributed by atoms with Crippen LogP contribution in [0.25, 0.3) is 0 Å². The minimum Gasteiger partial charge on any atom is -0.464 e. The van der Waals surface area contributed by atoms with Crippen LogP contribution in [0.2, 0.25) is 0 Å². The number of benzene rings is 1. The Balaban J connectivity index is 1.75. The summed E-state index contributed by atoms with van der Waals surface area (Å²) in [6.45, 7) is 7.74. The maximum absolute atomic E-state index is 13.2. The van der Waals surface area contributed by atoms with Crippen molar-refractivity contribution in [2.75, 3.05) is 10.6 Å². The lowest BCUT2D eigenvalue weighted by Gasteiger charge is -2.27. The monoisotopic (exact) mass is 363 g/mol. The highest BCUT2D eigenvalue weighted by atomic mass is 16.3. The summed E-state index contributed by atoms with van der Waals surface area (Å²) in [5.74, 6) is 1.80. The molecule has 138 valence electrons. The third-order valence-corrected chi connectivity index (χ3v) is 4.70. The fourth-order valence-corrected chi connectivity index (χ4v) is 3.39. The van der Waals surface area contributed by atoms with E-state index in [9.17, 15) is 4.79 Å². The molecular formula is C20H21N5O2. The van der Waals surface area contributed by atoms with Gasteiger partial charge in [-0.25, -0.2) is 4.68 Å². The van der Waals surface area contributed by atoms with E-state index >= 15 is 0 Å². The van der Waals surface area contributed by atoms with E-state index in [0.29, 0.717) is 17.3 Å². The van der Waals surface area contributed by atoms with Gasteiger partial charge in [-0.3, -0.25) is 4.79 Å². The van der Waals surface area contributed by atoms with E-state index in [2.05, 4.69) is 20.7 Å². The molecule has 7 heteroatoms. The zero-order valence-electron chi connectivity index (χ0n) is 15.7. The van der Waals surface area contributed by atoms with Crippen molar-refractivity contribution in [3.05, 3.63) is 70.6 Å². The third kappa shape index (κ3) is 3.01. The molecule has 7 nitrogen and oxygen atoms in total. The van der Waals surface area contributed by atoms with Crippen LogP contribution in [0.4, 0.5) is 11.6 Å². The van der Waals surface area contributed by atoms with Gasteiger partial charge in [0.25, 0.3) is 5.91 Å². The molecule has 3 aromatic rings. The molecule has 2 aromatic heterocycles. The van der Waals surface area contributed by atoms with Gasteiger partial charge in [-0.15, -0.1) is 0 Å². The van der Waals surface area contributed by atoms with Crippen LogP contribution in [-0.2, 0) is 4.79 Å². The summed E-state index contributed by atoms with van der Waals surface area (Å²) in [5, 5.41) is 10.5. The highest BCUT2D eigenvalue weighted by molar-refractivity contribution is 6.06. The maximum atomic E-state index is 13.2. The Morgan fingerprint density at radius 1 is 1.19 bits per heavy atom. The van der Waals surface area contributed by atoms with Crippen LogP contribution < -0.4 is 10.6 Å². The van der Waals surface area contributed by atoms with E-state index < -0.39 is 6.04 Å². The molecule has 0 saturated carbocycles. The van der Waals surface area contributed by atoms with E-state index in [1.54, 1.807) is 4.68 Å². The molecule has 0 unspecified atom stereocenters. The summed E-state index contributed by atoms with van der Waals surface area (Å²) in [6.07, 6.45) is 1.46. The molecule has 1 aliphatic rings. The first-order chi connectivity index (χ1) is 12.9. The van der Waals surface area contributed by atoms with Crippen LogP contribution in [0.15, 0.2) is 52.3 Å². The number of aryl methyl sites for hydroxylation is 3. The van der Waals surface area contributed by atoms with Crippen LogP contribution in [0.5, 0.6) is 0 Å². The van der Waals surface area contributed by atoms with Gasteiger partial charge in [-0.2, -0.15) is 10.1 Å². The minimum absolute atomic E-state index is 0.202. The number of carbonyl (C=O) groups excluding carboxylic acids is 1. The molecule has 0 radical (unpaired) electrons. The predicted octanol–water partition coefficient (Wildman–Crippen LogP) is 3.72. The summed E-state index contributed by atoms with van der Waals surface area (Å²) in [6, 6.07) is 9.20. The second-order valence-electron chi connectivity index (χ2n) is 6.82. The first-order valence-electron chi connectivity index (χ1n) is 8.76. The first-order valence-corrected chi connectivity index (χ1v) is 8.76. The number of allylic oxidation sites excluding steroid dienone is 1. The van der Waals surface area contributed by atoms with Gasteiger partial charge >= 0.3 is 0 Å². The van der Waals surface area contributed by atoms with Crippen LogP contribution in [0.3, 0.4) is 0 Å². The van der Waals surface area contributed by atoms with Gasteiger partial charge in [-0.05, 0) is 51.5 Å². The molecule has 0 spiro atoms. The Morgan fingerprint density at radius 3 is 2.70 bits per heavy atom. The molecule has 1 amide bonds. The van der Waals surface area contributed by atoms with Crippen molar-refractivity contribution in [3.63, 3.8) is 0 Å². The second kappa shape index (κ2) is 6.42. The molecule has 3 heterocycles. The van der Waals surface area contributed by atoms with Crippen LogP contribution >= 0.6 is 0 Å². The SMILES string of the molecule is CC1=C(C(=O)Nc2ccc(C)cc2C)[C@H](c2ccc(C)o2)n2ncnc2N1. The van der Waals surface area contributed by atoms with Crippen LogP contribution in [0.1, 0.15) is 35.6 Å². The van der Waals surface area contributed by atoms with E-state index in [0.717, 1.165) is 28.3 Å². The standard InChI is InChI=1S/C20H21N5O2/c1-11-5-7-15(12(2)9-11)24-19(26)17-14(4)23-20-21-10-22-25(20)18(17)16-8-6-13(3)27-16/h5-10,18H,1-4H3,(H,24,26)(H,21,22,23)/t18-/m0/s1. The summed E-state index contributed by atoms with van der Waals surface area (Å²) in [4.78, 5) is 17.4. The van der Waals surface area contributed by atoms with Crippen molar-refractivity contribution in [1.82, 2.24) is 14.8 Å². The largest absolute Gasteiger partial charge is 0.464 e. The van der Waals surface area contributed by atoms with Gasteiger partial charge in [0.2, 0.25) is 5.95 Å². The van der Waals surface area contributed by atoms with Crippen molar-refractivity contribution < 1.29 is 9.21 Å². The van der Waals surface area contributed by atoms with Crippen molar-refractivity contribution in [3.8, 4) is 0 Å². The van der Waals surface area contributed by atoms with Crippen molar-refractivity contribution in [1.29, 1.82) is 0 Å². The number of anilines is 2. The number of nitrogens with zero attached hydrogens (tertiary/aromatic N) is 3. The molecule has 0 aliphatic carbocycles.